The maximum atomic E-state index is 12.4. The van der Waals surface area contributed by atoms with Crippen molar-refractivity contribution < 1.29 is 14.6 Å². The number of hydrogen-bond acceptors (Lipinski definition) is 7. The Morgan fingerprint density at radius 3 is 2.52 bits per heavy atom. The van der Waals surface area contributed by atoms with Crippen LogP contribution in [0.3, 0.4) is 0 Å². The van der Waals surface area contributed by atoms with Crippen molar-refractivity contribution in [2.45, 2.75) is 19.5 Å². The molecule has 1 heterocycles. The van der Waals surface area contributed by atoms with E-state index in [2.05, 4.69) is 9.98 Å². The van der Waals surface area contributed by atoms with Gasteiger partial charge in [-0.1, -0.05) is 12.1 Å². The Labute approximate surface area is 175 Å². The van der Waals surface area contributed by atoms with Crippen LogP contribution in [0.4, 0.5) is 0 Å². The van der Waals surface area contributed by atoms with Crippen molar-refractivity contribution in [2.24, 2.45) is 4.99 Å². The normalized spacial score (nSPS) is 13.0. The van der Waals surface area contributed by atoms with Gasteiger partial charge in [-0.2, -0.15) is 0 Å². The fourth-order valence-corrected chi connectivity index (χ4v) is 3.24. The summed E-state index contributed by atoms with van der Waals surface area (Å²) >= 11 is 5.15. The molecular formula is C20H28N4O4S. The zero-order chi connectivity index (χ0) is 21.6. The number of likely N-dealkylation sites (N-methyl/N-ethyl adjacent to an activating group) is 1. The Bertz CT molecular complexity index is 964. The first kappa shape index (κ1) is 22.8. The predicted octanol–water partition coefficient (Wildman–Crippen LogP) is 2.38. The molecule has 0 aliphatic heterocycles. The van der Waals surface area contributed by atoms with E-state index in [9.17, 15) is 9.90 Å². The second-order valence-electron chi connectivity index (χ2n) is 6.78. The molecule has 0 bridgehead atoms. The summed E-state index contributed by atoms with van der Waals surface area (Å²) in [6, 6.07) is 7.78. The van der Waals surface area contributed by atoms with E-state index in [-0.39, 0.29) is 22.3 Å². The predicted molar refractivity (Wildman–Crippen MR) is 116 cm³/mol. The van der Waals surface area contributed by atoms with Crippen molar-refractivity contribution in [3.63, 3.8) is 0 Å². The molecule has 0 radical (unpaired) electrons. The van der Waals surface area contributed by atoms with Gasteiger partial charge >= 0.3 is 0 Å². The largest absolute Gasteiger partial charge is 0.497 e. The lowest BCUT2D eigenvalue weighted by molar-refractivity contribution is 0.182. The van der Waals surface area contributed by atoms with E-state index in [4.69, 9.17) is 21.7 Å². The molecule has 2 aromatic rings. The lowest BCUT2D eigenvalue weighted by Crippen LogP contribution is -2.25. The third kappa shape index (κ3) is 5.53. The van der Waals surface area contributed by atoms with E-state index < -0.39 is 5.56 Å². The number of aromatic amines is 1. The average Bonchev–Trinajstić information content (AvgIpc) is 2.68. The minimum atomic E-state index is -0.465. The van der Waals surface area contributed by atoms with Gasteiger partial charge in [-0.3, -0.25) is 19.3 Å². The van der Waals surface area contributed by atoms with Crippen LogP contribution in [0.15, 0.2) is 34.1 Å². The van der Waals surface area contributed by atoms with Gasteiger partial charge in [0.1, 0.15) is 11.3 Å². The highest BCUT2D eigenvalue weighted by Gasteiger charge is 2.18. The Hall–Kier alpha value is -2.49. The first-order valence-corrected chi connectivity index (χ1v) is 9.57. The molecule has 158 valence electrons. The number of nitrogens with one attached hydrogen (secondary N) is 1. The highest BCUT2D eigenvalue weighted by molar-refractivity contribution is 7.71. The molecule has 2 N–H and O–H groups in total. The smallest absolute Gasteiger partial charge is 0.264 e. The second-order valence-corrected chi connectivity index (χ2v) is 7.17. The zero-order valence-corrected chi connectivity index (χ0v) is 18.2. The topological polar surface area (TPSA) is 92.1 Å². The molecule has 0 fully saturated rings. The maximum Gasteiger partial charge on any atom is 0.264 e. The van der Waals surface area contributed by atoms with Gasteiger partial charge < -0.3 is 19.5 Å². The number of methoxy groups -OCH3 is 2. The molecule has 1 aromatic heterocycles. The molecule has 8 nitrogen and oxygen atoms in total. The van der Waals surface area contributed by atoms with Crippen LogP contribution in [0, 0.1) is 4.77 Å². The first-order valence-electron chi connectivity index (χ1n) is 9.17. The number of benzene rings is 1. The minimum absolute atomic E-state index is 0.00378. The van der Waals surface area contributed by atoms with Crippen molar-refractivity contribution in [2.75, 3.05) is 41.5 Å². The number of aromatic nitrogens is 2. The van der Waals surface area contributed by atoms with E-state index in [0.29, 0.717) is 25.4 Å². The van der Waals surface area contributed by atoms with Crippen LogP contribution >= 0.6 is 12.2 Å². The van der Waals surface area contributed by atoms with Crippen LogP contribution in [0.1, 0.15) is 24.1 Å². The monoisotopic (exact) mass is 420 g/mol. The third-order valence-corrected chi connectivity index (χ3v) is 5.00. The quantitative estimate of drug-likeness (QED) is 0.478. The van der Waals surface area contributed by atoms with Crippen LogP contribution in [-0.2, 0) is 11.3 Å². The van der Waals surface area contributed by atoms with Crippen molar-refractivity contribution in [3.05, 3.63) is 50.5 Å². The fraction of sp³-hybridized carbons (Fsp3) is 0.450. The van der Waals surface area contributed by atoms with Crippen molar-refractivity contribution >= 4 is 17.9 Å². The van der Waals surface area contributed by atoms with Gasteiger partial charge in [-0.15, -0.1) is 0 Å². The van der Waals surface area contributed by atoms with Crippen LogP contribution < -0.4 is 10.3 Å². The highest BCUT2D eigenvalue weighted by atomic mass is 32.1. The molecule has 0 saturated heterocycles. The van der Waals surface area contributed by atoms with Gasteiger partial charge in [0.2, 0.25) is 5.88 Å². The van der Waals surface area contributed by atoms with Gasteiger partial charge in [-0.05, 0) is 50.9 Å². The maximum absolute atomic E-state index is 12.4. The van der Waals surface area contributed by atoms with Gasteiger partial charge in [0.05, 0.1) is 32.8 Å². The van der Waals surface area contributed by atoms with E-state index in [1.165, 1.54) is 4.57 Å². The number of rotatable bonds is 9. The van der Waals surface area contributed by atoms with Gasteiger partial charge in [0, 0.05) is 12.8 Å². The molecule has 0 saturated carbocycles. The van der Waals surface area contributed by atoms with E-state index in [0.717, 1.165) is 11.3 Å². The SMILES string of the molecule is COCCn1c(O)c(C(C)=NC[C@@H](c2ccc(OC)cc2)N(C)C)c(=O)[nH]c1=S. The molecule has 29 heavy (non-hydrogen) atoms. The van der Waals surface area contributed by atoms with Crippen LogP contribution in [0.2, 0.25) is 0 Å². The highest BCUT2D eigenvalue weighted by Crippen LogP contribution is 2.22. The summed E-state index contributed by atoms with van der Waals surface area (Å²) in [6.45, 7) is 2.79. The van der Waals surface area contributed by atoms with Crippen LogP contribution in [0.5, 0.6) is 11.6 Å². The summed E-state index contributed by atoms with van der Waals surface area (Å²) in [5.41, 5.74) is 1.15. The molecule has 0 spiro atoms. The number of hydrogen-bond donors (Lipinski definition) is 2. The van der Waals surface area contributed by atoms with Crippen molar-refractivity contribution in [1.82, 2.24) is 14.5 Å². The Morgan fingerprint density at radius 2 is 1.97 bits per heavy atom. The number of nitrogens with zero attached hydrogens (tertiary/aromatic N) is 3. The number of aromatic hydroxyl groups is 1. The Kier molecular flexibility index (Phi) is 8.12. The lowest BCUT2D eigenvalue weighted by atomic mass is 10.1. The fourth-order valence-electron chi connectivity index (χ4n) is 2.97. The number of H-pyrrole nitrogens is 1. The summed E-state index contributed by atoms with van der Waals surface area (Å²) < 4.78 is 11.8. The summed E-state index contributed by atoms with van der Waals surface area (Å²) in [4.78, 5) is 21.7. The van der Waals surface area contributed by atoms with Gasteiger partial charge in [-0.25, -0.2) is 0 Å². The summed E-state index contributed by atoms with van der Waals surface area (Å²) in [7, 11) is 7.12. The number of ether oxygens (including phenoxy) is 2. The molecule has 0 aliphatic rings. The van der Waals surface area contributed by atoms with Gasteiger partial charge in [0.15, 0.2) is 4.77 Å². The number of aliphatic imine (C=N–C) groups is 1. The summed E-state index contributed by atoms with van der Waals surface area (Å²) in [5, 5.41) is 10.6. The van der Waals surface area contributed by atoms with E-state index >= 15 is 0 Å². The average molecular weight is 421 g/mol. The minimum Gasteiger partial charge on any atom is -0.497 e. The zero-order valence-electron chi connectivity index (χ0n) is 17.4. The first-order chi connectivity index (χ1) is 13.8. The van der Waals surface area contributed by atoms with E-state index in [1.54, 1.807) is 21.1 Å². The third-order valence-electron chi connectivity index (χ3n) is 4.68. The molecule has 0 aliphatic carbocycles. The summed E-state index contributed by atoms with van der Waals surface area (Å²) in [6.07, 6.45) is 0. The molecule has 0 unspecified atom stereocenters. The lowest BCUT2D eigenvalue weighted by Gasteiger charge is -2.23. The van der Waals surface area contributed by atoms with Crippen molar-refractivity contribution in [3.8, 4) is 11.6 Å². The summed E-state index contributed by atoms with van der Waals surface area (Å²) in [5.74, 6) is 0.579. The second kappa shape index (κ2) is 10.3. The molecule has 0 amide bonds. The van der Waals surface area contributed by atoms with E-state index in [1.807, 2.05) is 43.3 Å². The Morgan fingerprint density at radius 1 is 1.31 bits per heavy atom. The Balaban J connectivity index is 2.35. The van der Waals surface area contributed by atoms with Crippen LogP contribution in [0.25, 0.3) is 0 Å². The molecular weight excluding hydrogens is 392 g/mol. The molecule has 1 aromatic carbocycles. The van der Waals surface area contributed by atoms with Crippen LogP contribution in [-0.4, -0.2) is 66.7 Å². The molecule has 1 atom stereocenters. The molecule has 2 rings (SSSR count). The van der Waals surface area contributed by atoms with Gasteiger partial charge in [0.25, 0.3) is 5.56 Å². The molecule has 9 heteroatoms. The standard InChI is InChI=1S/C20H28N4O4S/c1-13(17-18(25)22-20(29)24(19(17)26)10-11-27-4)21-12-16(23(2)3)14-6-8-15(28-5)9-7-14/h6-9,16,26H,10-12H2,1-5H3,(H,22,25,29)/t16-/m0/s1. The van der Waals surface area contributed by atoms with Crippen molar-refractivity contribution in [1.29, 1.82) is 0 Å².